The van der Waals surface area contributed by atoms with E-state index in [4.69, 9.17) is 0 Å². The van der Waals surface area contributed by atoms with Crippen molar-refractivity contribution in [3.05, 3.63) is 35.6 Å². The van der Waals surface area contributed by atoms with Crippen LogP contribution in [-0.2, 0) is 25.7 Å². The number of pyridine rings is 1. The van der Waals surface area contributed by atoms with Crippen molar-refractivity contribution < 1.29 is 32.3 Å². The summed E-state index contributed by atoms with van der Waals surface area (Å²) < 4.78 is 43.8. The zero-order valence-electron chi connectivity index (χ0n) is 16.7. The van der Waals surface area contributed by atoms with Gasteiger partial charge in [0.15, 0.2) is 0 Å². The molecule has 3 aromatic rings. The van der Waals surface area contributed by atoms with Gasteiger partial charge < -0.3 is 9.72 Å². The average molecular weight is 464 g/mol. The first kappa shape index (κ1) is 20.6. The van der Waals surface area contributed by atoms with Crippen LogP contribution < -0.4 is 0 Å². The first-order chi connectivity index (χ1) is 15.0. The van der Waals surface area contributed by atoms with E-state index in [1.54, 1.807) is 30.7 Å². The van der Waals surface area contributed by atoms with Gasteiger partial charge in [-0.05, 0) is 12.1 Å². The highest BCUT2D eigenvalue weighted by Gasteiger charge is 2.88. The highest BCUT2D eigenvalue weighted by molar-refractivity contribution is 7.19. The number of piperidine rings is 1. The molecule has 2 atom stereocenters. The lowest BCUT2D eigenvalue weighted by Crippen LogP contribution is -2.45. The SMILES string of the molecule is CC1(C)C2C(=O)N(Cc3cc4nccc(-c5ncc[nH]5)c4s3)C(=O)C21OC(=O)C(F)(F)F. The number of carbonyl (C=O) groups is 3. The Morgan fingerprint density at radius 2 is 2.03 bits per heavy atom. The van der Waals surface area contributed by atoms with Gasteiger partial charge in [0.05, 0.1) is 22.7 Å². The Morgan fingerprint density at radius 1 is 1.28 bits per heavy atom. The predicted octanol–water partition coefficient (Wildman–Crippen LogP) is 3.06. The molecule has 2 aliphatic rings. The molecule has 0 spiro atoms. The molecular weight excluding hydrogens is 449 g/mol. The number of H-pyrrole nitrogens is 1. The number of hydrogen-bond acceptors (Lipinski definition) is 7. The van der Waals surface area contributed by atoms with Crippen LogP contribution in [0, 0.1) is 11.3 Å². The minimum Gasteiger partial charge on any atom is -0.441 e. The summed E-state index contributed by atoms with van der Waals surface area (Å²) in [4.78, 5) is 50.4. The van der Waals surface area contributed by atoms with Gasteiger partial charge in [-0.2, -0.15) is 13.2 Å². The van der Waals surface area contributed by atoms with Gasteiger partial charge >= 0.3 is 12.1 Å². The molecule has 5 rings (SSSR count). The third kappa shape index (κ3) is 2.65. The number of aromatic nitrogens is 3. The summed E-state index contributed by atoms with van der Waals surface area (Å²) in [5, 5.41) is 0. The Kier molecular flexibility index (Phi) is 4.11. The first-order valence-corrected chi connectivity index (χ1v) is 10.3. The van der Waals surface area contributed by atoms with Crippen molar-refractivity contribution in [3.63, 3.8) is 0 Å². The van der Waals surface area contributed by atoms with E-state index in [0.717, 1.165) is 15.2 Å². The lowest BCUT2D eigenvalue weighted by atomic mass is 10.0. The molecule has 3 aromatic heterocycles. The number of hydrogen-bond donors (Lipinski definition) is 1. The largest absolute Gasteiger partial charge is 0.490 e. The number of fused-ring (bicyclic) bond motifs is 2. The van der Waals surface area contributed by atoms with Crippen molar-refractivity contribution >= 4 is 39.3 Å². The number of likely N-dealkylation sites (tertiary alicyclic amines) is 1. The Balaban J connectivity index is 1.45. The molecule has 166 valence electrons. The summed E-state index contributed by atoms with van der Waals surface area (Å²) in [6.45, 7) is 2.72. The van der Waals surface area contributed by atoms with Gasteiger partial charge in [-0.3, -0.25) is 19.5 Å². The van der Waals surface area contributed by atoms with Crippen molar-refractivity contribution in [1.82, 2.24) is 19.9 Å². The number of imide groups is 1. The summed E-state index contributed by atoms with van der Waals surface area (Å²) in [6, 6.07) is 3.48. The fourth-order valence-electron chi connectivity index (χ4n) is 4.47. The maximum atomic E-state index is 13.1. The molecule has 1 saturated carbocycles. The Bertz CT molecular complexity index is 1280. The van der Waals surface area contributed by atoms with Crippen LogP contribution in [0.25, 0.3) is 21.6 Å². The molecule has 0 radical (unpaired) electrons. The lowest BCUT2D eigenvalue weighted by Gasteiger charge is -2.24. The van der Waals surface area contributed by atoms with Crippen LogP contribution in [-0.4, -0.2) is 49.4 Å². The van der Waals surface area contributed by atoms with E-state index in [-0.39, 0.29) is 6.54 Å². The van der Waals surface area contributed by atoms with Crippen molar-refractivity contribution in [2.24, 2.45) is 11.3 Å². The third-order valence-corrected chi connectivity index (χ3v) is 7.24. The second kappa shape index (κ2) is 6.37. The van der Waals surface area contributed by atoms with Crippen LogP contribution in [0.2, 0.25) is 0 Å². The van der Waals surface area contributed by atoms with Crippen molar-refractivity contribution in [2.45, 2.75) is 32.2 Å². The first-order valence-electron chi connectivity index (χ1n) is 9.51. The summed E-state index contributed by atoms with van der Waals surface area (Å²) in [6.07, 6.45) is -0.388. The molecule has 2 unspecified atom stereocenters. The molecule has 8 nitrogen and oxygen atoms in total. The van der Waals surface area contributed by atoms with Gasteiger partial charge in [-0.1, -0.05) is 13.8 Å². The second-order valence-electron chi connectivity index (χ2n) is 8.23. The molecule has 1 aliphatic carbocycles. The number of amides is 2. The van der Waals surface area contributed by atoms with Gasteiger partial charge in [-0.25, -0.2) is 9.78 Å². The number of ether oxygens (including phenoxy) is 1. The maximum Gasteiger partial charge on any atom is 0.490 e. The zero-order valence-corrected chi connectivity index (χ0v) is 17.5. The molecule has 0 aromatic carbocycles. The molecule has 1 saturated heterocycles. The quantitative estimate of drug-likeness (QED) is 0.470. The number of esters is 1. The van der Waals surface area contributed by atoms with Gasteiger partial charge in [0.2, 0.25) is 11.5 Å². The molecule has 1 N–H and O–H groups in total. The fraction of sp³-hybridized carbons (Fsp3) is 0.350. The molecule has 1 aliphatic heterocycles. The van der Waals surface area contributed by atoms with Gasteiger partial charge in [0, 0.05) is 34.4 Å². The van der Waals surface area contributed by atoms with E-state index >= 15 is 0 Å². The van der Waals surface area contributed by atoms with E-state index in [9.17, 15) is 27.6 Å². The van der Waals surface area contributed by atoms with Crippen molar-refractivity contribution in [3.8, 4) is 11.4 Å². The smallest absolute Gasteiger partial charge is 0.441 e. The maximum absolute atomic E-state index is 13.1. The summed E-state index contributed by atoms with van der Waals surface area (Å²) in [5.41, 5.74) is -1.94. The number of carbonyl (C=O) groups excluding carboxylic acids is 3. The Hall–Kier alpha value is -3.28. The standard InChI is InChI=1S/C20H15F3N4O4S/c1-18(2)13-15(28)27(16(29)19(13,18)31-17(30)20(21,22)23)8-9-7-11-12(32-9)10(3-4-24-11)14-25-5-6-26-14/h3-7,13H,8H2,1-2H3,(H,25,26). The van der Waals surface area contributed by atoms with E-state index in [2.05, 4.69) is 19.7 Å². The van der Waals surface area contributed by atoms with Crippen LogP contribution in [0.3, 0.4) is 0 Å². The van der Waals surface area contributed by atoms with Crippen LogP contribution in [0.1, 0.15) is 18.7 Å². The molecule has 0 bridgehead atoms. The minimum atomic E-state index is -5.27. The van der Waals surface area contributed by atoms with Crippen LogP contribution >= 0.6 is 11.3 Å². The average Bonchev–Trinajstić information content (AvgIpc) is 3.22. The van der Waals surface area contributed by atoms with Crippen LogP contribution in [0.4, 0.5) is 13.2 Å². The van der Waals surface area contributed by atoms with Gasteiger partial charge in [-0.15, -0.1) is 11.3 Å². The van der Waals surface area contributed by atoms with E-state index in [0.29, 0.717) is 16.2 Å². The molecule has 4 heterocycles. The number of rotatable bonds is 4. The van der Waals surface area contributed by atoms with Crippen LogP contribution in [0.15, 0.2) is 30.7 Å². The Morgan fingerprint density at radius 3 is 2.69 bits per heavy atom. The zero-order chi connectivity index (χ0) is 23.1. The van der Waals surface area contributed by atoms with E-state index < -0.39 is 40.9 Å². The summed E-state index contributed by atoms with van der Waals surface area (Å²) >= 11 is 1.29. The number of nitrogens with zero attached hydrogens (tertiary/aromatic N) is 3. The van der Waals surface area contributed by atoms with Gasteiger partial charge in [0.1, 0.15) is 5.82 Å². The van der Waals surface area contributed by atoms with Crippen molar-refractivity contribution in [1.29, 1.82) is 0 Å². The third-order valence-electron chi connectivity index (χ3n) is 6.09. The van der Waals surface area contributed by atoms with Gasteiger partial charge in [0.25, 0.3) is 5.91 Å². The normalized spacial score (nSPS) is 24.2. The highest BCUT2D eigenvalue weighted by Crippen LogP contribution is 2.69. The van der Waals surface area contributed by atoms with Crippen LogP contribution in [0.5, 0.6) is 0 Å². The molecule has 2 fully saturated rings. The Labute approximate surface area is 182 Å². The second-order valence-corrected chi connectivity index (χ2v) is 9.37. The number of halogens is 3. The number of aromatic amines is 1. The fourth-order valence-corrected chi connectivity index (χ4v) is 5.59. The topological polar surface area (TPSA) is 105 Å². The number of thiophene rings is 1. The lowest BCUT2D eigenvalue weighted by molar-refractivity contribution is -0.209. The molecule has 12 heteroatoms. The predicted molar refractivity (Wildman–Crippen MR) is 105 cm³/mol. The number of imidazole rings is 1. The minimum absolute atomic E-state index is 0.159. The molecule has 2 amide bonds. The monoisotopic (exact) mass is 464 g/mol. The number of alkyl halides is 3. The molecular formula is C20H15F3N4O4S. The van der Waals surface area contributed by atoms with E-state index in [1.807, 2.05) is 0 Å². The molecule has 32 heavy (non-hydrogen) atoms. The van der Waals surface area contributed by atoms with Crippen molar-refractivity contribution in [2.75, 3.05) is 0 Å². The highest BCUT2D eigenvalue weighted by atomic mass is 32.1. The summed E-state index contributed by atoms with van der Waals surface area (Å²) in [5.74, 6) is -4.61. The number of nitrogens with one attached hydrogen (secondary N) is 1. The summed E-state index contributed by atoms with van der Waals surface area (Å²) in [7, 11) is 0. The van der Waals surface area contributed by atoms with E-state index in [1.165, 1.54) is 25.2 Å².